The van der Waals surface area contributed by atoms with Crippen LogP contribution in [-0.2, 0) is 15.6 Å². The van der Waals surface area contributed by atoms with E-state index >= 15 is 0 Å². The largest absolute Gasteiger partial charge is 0.497 e. The van der Waals surface area contributed by atoms with E-state index in [0.29, 0.717) is 37.0 Å². The van der Waals surface area contributed by atoms with Crippen LogP contribution in [-0.4, -0.2) is 42.5 Å². The molecule has 4 heterocycles. The highest BCUT2D eigenvalue weighted by atomic mass is 32.2. The van der Waals surface area contributed by atoms with Gasteiger partial charge < -0.3 is 19.0 Å². The summed E-state index contributed by atoms with van der Waals surface area (Å²) in [7, 11) is -2.08. The molecule has 33 heavy (non-hydrogen) atoms. The van der Waals surface area contributed by atoms with Gasteiger partial charge in [-0.05, 0) is 55.3 Å². The van der Waals surface area contributed by atoms with Gasteiger partial charge in [0.15, 0.2) is 5.58 Å². The highest BCUT2D eigenvalue weighted by molar-refractivity contribution is 7.89. The van der Waals surface area contributed by atoms with Crippen molar-refractivity contribution in [1.82, 2.24) is 13.9 Å². The number of nitrogens with zero attached hydrogens (tertiary/aromatic N) is 2. The highest BCUT2D eigenvalue weighted by Gasteiger charge is 2.44. The summed E-state index contributed by atoms with van der Waals surface area (Å²) in [6.45, 7) is 0.722. The van der Waals surface area contributed by atoms with Crippen LogP contribution in [0.25, 0.3) is 16.8 Å². The Morgan fingerprint density at radius 3 is 2.70 bits per heavy atom. The molecule has 0 aliphatic carbocycles. The first-order valence-electron chi connectivity index (χ1n) is 10.7. The number of hydrogen-bond donors (Lipinski definition) is 2. The van der Waals surface area contributed by atoms with Crippen LogP contribution in [0.1, 0.15) is 18.5 Å². The Morgan fingerprint density at radius 1 is 1.09 bits per heavy atom. The SMILES string of the molecule is COc1ccc2c(c1)NC1(CCN(S(=O)(=O)c3ccc4oc(=O)[nH]c4c3)CC1)c1cccn1-2. The molecule has 2 aromatic carbocycles. The highest BCUT2D eigenvalue weighted by Crippen LogP contribution is 2.45. The summed E-state index contributed by atoms with van der Waals surface area (Å²) >= 11 is 0. The lowest BCUT2D eigenvalue weighted by molar-refractivity contribution is 0.247. The third-order valence-electron chi connectivity index (χ3n) is 6.68. The Kier molecular flexibility index (Phi) is 4.27. The van der Waals surface area contributed by atoms with Crippen molar-refractivity contribution in [2.24, 2.45) is 0 Å². The zero-order chi connectivity index (χ0) is 22.8. The smallest absolute Gasteiger partial charge is 0.417 e. The number of benzene rings is 2. The number of nitrogens with one attached hydrogen (secondary N) is 2. The minimum absolute atomic E-state index is 0.137. The van der Waals surface area contributed by atoms with Crippen molar-refractivity contribution in [3.8, 4) is 11.4 Å². The second-order valence-corrected chi connectivity index (χ2v) is 10.4. The van der Waals surface area contributed by atoms with Gasteiger partial charge in [0.1, 0.15) is 5.75 Å². The van der Waals surface area contributed by atoms with Crippen LogP contribution in [0.15, 0.2) is 68.8 Å². The maximum atomic E-state index is 13.3. The van der Waals surface area contributed by atoms with Crippen LogP contribution < -0.4 is 15.8 Å². The van der Waals surface area contributed by atoms with E-state index in [0.717, 1.165) is 22.8 Å². The van der Waals surface area contributed by atoms with Crippen molar-refractivity contribution in [3.05, 3.63) is 71.0 Å². The van der Waals surface area contributed by atoms with Crippen molar-refractivity contribution < 1.29 is 17.6 Å². The van der Waals surface area contributed by atoms with Crippen molar-refractivity contribution in [2.75, 3.05) is 25.5 Å². The summed E-state index contributed by atoms with van der Waals surface area (Å²) in [6, 6.07) is 14.5. The number of piperidine rings is 1. The molecular formula is C23H22N4O5S. The van der Waals surface area contributed by atoms with Gasteiger partial charge in [-0.15, -0.1) is 0 Å². The number of sulfonamides is 1. The molecule has 10 heteroatoms. The first kappa shape index (κ1) is 20.1. The Labute approximate surface area is 189 Å². The normalized spacial score (nSPS) is 17.5. The summed E-state index contributed by atoms with van der Waals surface area (Å²) in [5.41, 5.74) is 3.44. The quantitative estimate of drug-likeness (QED) is 0.480. The standard InChI is InChI=1S/C23H22N4O5S/c1-31-15-4-6-19-17(13-15)25-23(21-3-2-10-27(19)21)8-11-26(12-9-23)33(29,30)16-5-7-20-18(14-16)24-22(28)32-20/h2-7,10,13-14,25H,8-9,11-12H2,1H3,(H,24,28). The zero-order valence-corrected chi connectivity index (χ0v) is 18.7. The fraction of sp³-hybridized carbons (Fsp3) is 0.261. The van der Waals surface area contributed by atoms with Crippen molar-refractivity contribution in [1.29, 1.82) is 0 Å². The molecular weight excluding hydrogens is 444 g/mol. The first-order chi connectivity index (χ1) is 15.9. The van der Waals surface area contributed by atoms with Gasteiger partial charge in [-0.1, -0.05) is 0 Å². The molecule has 2 aromatic heterocycles. The van der Waals surface area contributed by atoms with E-state index < -0.39 is 15.8 Å². The number of ether oxygens (including phenoxy) is 1. The van der Waals surface area contributed by atoms with Crippen LogP contribution in [0.3, 0.4) is 0 Å². The van der Waals surface area contributed by atoms with Gasteiger partial charge in [-0.3, -0.25) is 4.98 Å². The fourth-order valence-corrected chi connectivity index (χ4v) is 6.45. The number of aromatic amines is 1. The number of methoxy groups -OCH3 is 1. The first-order valence-corrected chi connectivity index (χ1v) is 12.1. The van der Waals surface area contributed by atoms with Crippen LogP contribution in [0.5, 0.6) is 5.75 Å². The lowest BCUT2D eigenvalue weighted by atomic mass is 9.83. The Bertz CT molecular complexity index is 1540. The molecule has 0 amide bonds. The van der Waals surface area contributed by atoms with Gasteiger partial charge in [0.25, 0.3) is 0 Å². The van der Waals surface area contributed by atoms with Gasteiger partial charge in [0.2, 0.25) is 10.0 Å². The van der Waals surface area contributed by atoms with E-state index in [2.05, 4.69) is 20.9 Å². The van der Waals surface area contributed by atoms with E-state index in [9.17, 15) is 13.2 Å². The van der Waals surface area contributed by atoms with E-state index in [4.69, 9.17) is 9.15 Å². The molecule has 2 aliphatic rings. The van der Waals surface area contributed by atoms with Crippen molar-refractivity contribution >= 4 is 26.8 Å². The number of anilines is 1. The van der Waals surface area contributed by atoms with Gasteiger partial charge in [-0.2, -0.15) is 4.31 Å². The molecule has 1 saturated heterocycles. The Balaban J connectivity index is 1.31. The minimum Gasteiger partial charge on any atom is -0.497 e. The van der Waals surface area contributed by atoms with Crippen molar-refractivity contribution in [2.45, 2.75) is 23.3 Å². The molecule has 0 unspecified atom stereocenters. The van der Waals surface area contributed by atoms with Crippen LogP contribution >= 0.6 is 0 Å². The molecule has 6 rings (SSSR count). The molecule has 0 bridgehead atoms. The van der Waals surface area contributed by atoms with E-state index in [1.807, 2.05) is 30.5 Å². The number of H-pyrrole nitrogens is 1. The number of oxazole rings is 1. The second kappa shape index (κ2) is 7.00. The Morgan fingerprint density at radius 2 is 1.91 bits per heavy atom. The molecule has 0 atom stereocenters. The molecule has 9 nitrogen and oxygen atoms in total. The number of rotatable bonds is 3. The number of fused-ring (bicyclic) bond motifs is 5. The molecule has 1 fully saturated rings. The van der Waals surface area contributed by atoms with Gasteiger partial charge in [0, 0.05) is 31.0 Å². The van der Waals surface area contributed by atoms with Gasteiger partial charge in [0.05, 0.1) is 34.4 Å². The summed E-state index contributed by atoms with van der Waals surface area (Å²) in [5.74, 6) is 0.155. The summed E-state index contributed by atoms with van der Waals surface area (Å²) in [6.07, 6.45) is 3.25. The van der Waals surface area contributed by atoms with Crippen LogP contribution in [0.4, 0.5) is 5.69 Å². The summed E-state index contributed by atoms with van der Waals surface area (Å²) in [5, 5.41) is 3.69. The molecule has 1 spiro atoms. The lowest BCUT2D eigenvalue weighted by Gasteiger charge is -2.45. The maximum Gasteiger partial charge on any atom is 0.417 e. The van der Waals surface area contributed by atoms with Gasteiger partial charge >= 0.3 is 5.76 Å². The summed E-state index contributed by atoms with van der Waals surface area (Å²) < 4.78 is 40.8. The predicted molar refractivity (Wildman–Crippen MR) is 122 cm³/mol. The molecule has 2 N–H and O–H groups in total. The molecule has 2 aliphatic heterocycles. The number of aromatic nitrogens is 2. The van der Waals surface area contributed by atoms with Crippen LogP contribution in [0.2, 0.25) is 0 Å². The third-order valence-corrected chi connectivity index (χ3v) is 8.58. The molecule has 0 radical (unpaired) electrons. The summed E-state index contributed by atoms with van der Waals surface area (Å²) in [4.78, 5) is 14.1. The van der Waals surface area contributed by atoms with Gasteiger partial charge in [-0.25, -0.2) is 13.2 Å². The van der Waals surface area contributed by atoms with E-state index in [1.165, 1.54) is 22.5 Å². The minimum atomic E-state index is -3.72. The average Bonchev–Trinajstić information content (AvgIpc) is 3.45. The predicted octanol–water partition coefficient (Wildman–Crippen LogP) is 3.03. The Hall–Kier alpha value is -3.50. The average molecular weight is 467 g/mol. The third kappa shape index (κ3) is 3.01. The lowest BCUT2D eigenvalue weighted by Crippen LogP contribution is -2.50. The fourth-order valence-electron chi connectivity index (χ4n) is 4.99. The van der Waals surface area contributed by atoms with E-state index in [1.54, 1.807) is 7.11 Å². The van der Waals surface area contributed by atoms with E-state index in [-0.39, 0.29) is 10.4 Å². The zero-order valence-electron chi connectivity index (χ0n) is 17.9. The molecule has 4 aromatic rings. The molecule has 0 saturated carbocycles. The molecule has 170 valence electrons. The second-order valence-electron chi connectivity index (χ2n) is 8.43. The van der Waals surface area contributed by atoms with Crippen molar-refractivity contribution in [3.63, 3.8) is 0 Å². The monoisotopic (exact) mass is 466 g/mol. The van der Waals surface area contributed by atoms with Crippen LogP contribution in [0, 0.1) is 0 Å². The maximum absolute atomic E-state index is 13.3. The topological polar surface area (TPSA) is 110 Å². The number of hydrogen-bond acceptors (Lipinski definition) is 6.